The van der Waals surface area contributed by atoms with Crippen LogP contribution < -0.4 is 5.32 Å². The van der Waals surface area contributed by atoms with E-state index in [1.807, 2.05) is 6.92 Å². The first kappa shape index (κ1) is 12.0. The molecule has 2 atom stereocenters. The minimum absolute atomic E-state index is 0.176. The third-order valence-electron chi connectivity index (χ3n) is 2.95. The molecule has 1 aliphatic rings. The number of hydrogen-bond acceptors (Lipinski definition) is 3. The molecular weight excluding hydrogens is 176 g/mol. The maximum atomic E-state index is 9.12. The van der Waals surface area contributed by atoms with Crippen LogP contribution in [-0.4, -0.2) is 47.8 Å². The second-order valence-electron chi connectivity index (χ2n) is 4.67. The van der Waals surface area contributed by atoms with Gasteiger partial charge in [-0.1, -0.05) is 0 Å². The van der Waals surface area contributed by atoms with Crippen LogP contribution in [0.1, 0.15) is 33.6 Å². The van der Waals surface area contributed by atoms with Crippen molar-refractivity contribution < 1.29 is 5.11 Å². The highest BCUT2D eigenvalue weighted by Gasteiger charge is 2.23. The van der Waals surface area contributed by atoms with Gasteiger partial charge in [0.1, 0.15) is 0 Å². The molecule has 1 saturated heterocycles. The molecule has 1 aliphatic heterocycles. The monoisotopic (exact) mass is 200 g/mol. The van der Waals surface area contributed by atoms with E-state index >= 15 is 0 Å². The first-order chi connectivity index (χ1) is 6.59. The third kappa shape index (κ3) is 3.95. The summed E-state index contributed by atoms with van der Waals surface area (Å²) in [4.78, 5) is 2.50. The molecule has 1 heterocycles. The van der Waals surface area contributed by atoms with Gasteiger partial charge in [-0.05, 0) is 46.7 Å². The van der Waals surface area contributed by atoms with Crippen molar-refractivity contribution in [3.8, 4) is 0 Å². The van der Waals surface area contributed by atoms with E-state index in [4.69, 9.17) is 5.11 Å². The molecule has 2 N–H and O–H groups in total. The zero-order valence-electron chi connectivity index (χ0n) is 9.66. The predicted molar refractivity (Wildman–Crippen MR) is 59.4 cm³/mol. The molecular formula is C11H24N2O. The molecule has 0 saturated carbocycles. The van der Waals surface area contributed by atoms with Crippen molar-refractivity contribution in [3.63, 3.8) is 0 Å². The lowest BCUT2D eigenvalue weighted by Crippen LogP contribution is -2.36. The highest BCUT2D eigenvalue weighted by atomic mass is 16.3. The highest BCUT2D eigenvalue weighted by Crippen LogP contribution is 2.12. The fourth-order valence-corrected chi connectivity index (χ4v) is 1.92. The molecule has 0 bridgehead atoms. The number of likely N-dealkylation sites (tertiary alicyclic amines) is 1. The Kier molecular flexibility index (Phi) is 4.85. The standard InChI is InChI=1S/C11H24N2O/c1-9(2)13-7-5-11(8-13)12-6-4-10(3)14/h9-12,14H,4-8H2,1-3H3. The lowest BCUT2D eigenvalue weighted by molar-refractivity contribution is 0.182. The van der Waals surface area contributed by atoms with E-state index in [0.717, 1.165) is 19.5 Å². The number of nitrogens with zero attached hydrogens (tertiary/aromatic N) is 1. The van der Waals surface area contributed by atoms with Gasteiger partial charge in [0.2, 0.25) is 0 Å². The maximum Gasteiger partial charge on any atom is 0.0524 e. The number of aliphatic hydroxyl groups excluding tert-OH is 1. The molecule has 14 heavy (non-hydrogen) atoms. The smallest absolute Gasteiger partial charge is 0.0524 e. The van der Waals surface area contributed by atoms with Crippen molar-refractivity contribution >= 4 is 0 Å². The minimum atomic E-state index is -0.176. The number of nitrogens with one attached hydrogen (secondary N) is 1. The first-order valence-corrected chi connectivity index (χ1v) is 5.75. The van der Waals surface area contributed by atoms with Crippen LogP contribution in [0.4, 0.5) is 0 Å². The zero-order chi connectivity index (χ0) is 10.6. The summed E-state index contributed by atoms with van der Waals surface area (Å²) < 4.78 is 0. The van der Waals surface area contributed by atoms with Crippen LogP contribution in [0.25, 0.3) is 0 Å². The van der Waals surface area contributed by atoms with Gasteiger partial charge in [0.15, 0.2) is 0 Å². The molecule has 0 aromatic rings. The Labute approximate surface area is 87.5 Å². The van der Waals surface area contributed by atoms with Gasteiger partial charge in [-0.2, -0.15) is 0 Å². The Balaban J connectivity index is 2.10. The maximum absolute atomic E-state index is 9.12. The van der Waals surface area contributed by atoms with Crippen LogP contribution in [0.5, 0.6) is 0 Å². The van der Waals surface area contributed by atoms with Gasteiger partial charge in [0, 0.05) is 18.6 Å². The van der Waals surface area contributed by atoms with Crippen molar-refractivity contribution in [2.45, 2.75) is 51.8 Å². The zero-order valence-corrected chi connectivity index (χ0v) is 9.66. The molecule has 84 valence electrons. The fraction of sp³-hybridized carbons (Fsp3) is 1.00. The van der Waals surface area contributed by atoms with Crippen LogP contribution >= 0.6 is 0 Å². The number of hydrogen-bond donors (Lipinski definition) is 2. The summed E-state index contributed by atoms with van der Waals surface area (Å²) in [6.45, 7) is 9.66. The third-order valence-corrected chi connectivity index (χ3v) is 2.95. The summed E-state index contributed by atoms with van der Waals surface area (Å²) in [6.07, 6.45) is 1.93. The van der Waals surface area contributed by atoms with Gasteiger partial charge < -0.3 is 10.4 Å². The number of aliphatic hydroxyl groups is 1. The Bertz CT molecular complexity index is 159. The van der Waals surface area contributed by atoms with Crippen molar-refractivity contribution in [2.24, 2.45) is 0 Å². The molecule has 3 heteroatoms. The molecule has 0 aromatic heterocycles. The largest absolute Gasteiger partial charge is 0.393 e. The molecule has 0 aromatic carbocycles. The van der Waals surface area contributed by atoms with E-state index in [9.17, 15) is 0 Å². The Hall–Kier alpha value is -0.120. The Morgan fingerprint density at radius 2 is 2.14 bits per heavy atom. The van der Waals surface area contributed by atoms with Gasteiger partial charge in [-0.25, -0.2) is 0 Å². The lowest BCUT2D eigenvalue weighted by atomic mass is 10.2. The van der Waals surface area contributed by atoms with Crippen LogP contribution in [0.2, 0.25) is 0 Å². The van der Waals surface area contributed by atoms with Crippen molar-refractivity contribution in [1.29, 1.82) is 0 Å². The quantitative estimate of drug-likeness (QED) is 0.690. The van der Waals surface area contributed by atoms with Gasteiger partial charge in [-0.15, -0.1) is 0 Å². The average molecular weight is 200 g/mol. The lowest BCUT2D eigenvalue weighted by Gasteiger charge is -2.20. The van der Waals surface area contributed by atoms with E-state index in [1.165, 1.54) is 13.0 Å². The molecule has 1 rings (SSSR count). The molecule has 0 spiro atoms. The summed E-state index contributed by atoms with van der Waals surface area (Å²) in [5.41, 5.74) is 0. The van der Waals surface area contributed by atoms with Crippen molar-refractivity contribution in [2.75, 3.05) is 19.6 Å². The first-order valence-electron chi connectivity index (χ1n) is 5.75. The molecule has 0 amide bonds. The molecule has 1 fully saturated rings. The van der Waals surface area contributed by atoms with Gasteiger partial charge in [0.05, 0.1) is 6.10 Å². The second-order valence-corrected chi connectivity index (χ2v) is 4.67. The average Bonchev–Trinajstić information content (AvgIpc) is 2.52. The van der Waals surface area contributed by atoms with Crippen LogP contribution in [0.15, 0.2) is 0 Å². The second kappa shape index (κ2) is 5.69. The van der Waals surface area contributed by atoms with Crippen molar-refractivity contribution in [1.82, 2.24) is 10.2 Å². The van der Waals surface area contributed by atoms with Crippen LogP contribution in [0, 0.1) is 0 Å². The van der Waals surface area contributed by atoms with E-state index < -0.39 is 0 Å². The Morgan fingerprint density at radius 3 is 2.64 bits per heavy atom. The summed E-state index contributed by atoms with van der Waals surface area (Å²) >= 11 is 0. The van der Waals surface area contributed by atoms with Gasteiger partial charge in [-0.3, -0.25) is 4.90 Å². The summed E-state index contributed by atoms with van der Waals surface area (Å²) in [5.74, 6) is 0. The summed E-state index contributed by atoms with van der Waals surface area (Å²) in [7, 11) is 0. The number of rotatable bonds is 5. The van der Waals surface area contributed by atoms with Gasteiger partial charge in [0.25, 0.3) is 0 Å². The normalized spacial score (nSPS) is 25.9. The Morgan fingerprint density at radius 1 is 1.43 bits per heavy atom. The van der Waals surface area contributed by atoms with Crippen molar-refractivity contribution in [3.05, 3.63) is 0 Å². The van der Waals surface area contributed by atoms with Gasteiger partial charge >= 0.3 is 0 Å². The van der Waals surface area contributed by atoms with E-state index in [0.29, 0.717) is 12.1 Å². The molecule has 3 nitrogen and oxygen atoms in total. The molecule has 0 radical (unpaired) electrons. The molecule has 2 unspecified atom stereocenters. The summed E-state index contributed by atoms with van der Waals surface area (Å²) in [5, 5.41) is 12.6. The topological polar surface area (TPSA) is 35.5 Å². The highest BCUT2D eigenvalue weighted by molar-refractivity contribution is 4.82. The summed E-state index contributed by atoms with van der Waals surface area (Å²) in [6, 6.07) is 1.30. The SMILES string of the molecule is CC(O)CCNC1CCN(C(C)C)C1. The van der Waals surface area contributed by atoms with E-state index in [1.54, 1.807) is 0 Å². The predicted octanol–water partition coefficient (Wildman–Crippen LogP) is 0.830. The minimum Gasteiger partial charge on any atom is -0.393 e. The van der Waals surface area contributed by atoms with E-state index in [2.05, 4.69) is 24.1 Å². The molecule has 0 aliphatic carbocycles. The van der Waals surface area contributed by atoms with E-state index in [-0.39, 0.29) is 6.10 Å². The fourth-order valence-electron chi connectivity index (χ4n) is 1.92. The van der Waals surface area contributed by atoms with Crippen LogP contribution in [-0.2, 0) is 0 Å². The van der Waals surface area contributed by atoms with Crippen LogP contribution in [0.3, 0.4) is 0 Å².